The van der Waals surface area contributed by atoms with Crippen LogP contribution in [0, 0.1) is 0 Å². The summed E-state index contributed by atoms with van der Waals surface area (Å²) in [6.45, 7) is 4.09. The molecule has 0 N–H and O–H groups in total. The molecule has 0 spiro atoms. The smallest absolute Gasteiger partial charge is 0.414 e. The second-order valence-corrected chi connectivity index (χ2v) is 4.43. The number of rotatable bonds is 10. The summed E-state index contributed by atoms with van der Waals surface area (Å²) in [4.78, 5) is 11.3. The Kier molecular flexibility index (Phi) is 8.54. The highest BCUT2D eigenvalue weighted by Gasteiger charge is 2.41. The minimum atomic E-state index is -4.61. The first-order chi connectivity index (χ1) is 10.0. The van der Waals surface area contributed by atoms with Gasteiger partial charge in [-0.2, -0.15) is 22.0 Å². The molecule has 0 aliphatic heterocycles. The first-order valence-electron chi connectivity index (χ1n) is 6.50. The van der Waals surface area contributed by atoms with Gasteiger partial charge in [-0.1, -0.05) is 13.0 Å². The van der Waals surface area contributed by atoms with Crippen LogP contribution in [0.1, 0.15) is 20.3 Å². The van der Waals surface area contributed by atoms with Crippen LogP contribution >= 0.6 is 0 Å². The lowest BCUT2D eigenvalue weighted by Crippen LogP contribution is -2.39. The Balaban J connectivity index is 4.62. The first-order valence-corrected chi connectivity index (χ1v) is 6.50. The van der Waals surface area contributed by atoms with E-state index in [4.69, 9.17) is 4.74 Å². The zero-order valence-electron chi connectivity index (χ0n) is 12.3. The van der Waals surface area contributed by atoms with Gasteiger partial charge in [0.05, 0.1) is 19.8 Å². The fourth-order valence-corrected chi connectivity index (χ4v) is 1.13. The summed E-state index contributed by atoms with van der Waals surface area (Å²) in [6, 6.07) is 0. The Morgan fingerprint density at radius 2 is 1.82 bits per heavy atom. The number of hydrogen-bond acceptors (Lipinski definition) is 4. The highest BCUT2D eigenvalue weighted by Crippen LogP contribution is 2.23. The molecule has 0 aliphatic carbocycles. The normalized spacial score (nSPS) is 15.2. The summed E-state index contributed by atoms with van der Waals surface area (Å²) in [5.74, 6) is -5.54. The van der Waals surface area contributed by atoms with Gasteiger partial charge in [0.2, 0.25) is 0 Å². The van der Waals surface area contributed by atoms with Gasteiger partial charge in [0, 0.05) is 6.42 Å². The number of ether oxygens (including phenoxy) is 3. The van der Waals surface area contributed by atoms with Crippen molar-refractivity contribution in [3.05, 3.63) is 12.7 Å². The minimum Gasteiger partial charge on any atom is -0.453 e. The van der Waals surface area contributed by atoms with Gasteiger partial charge in [-0.3, -0.25) is 0 Å². The third-order valence-electron chi connectivity index (χ3n) is 2.55. The second-order valence-electron chi connectivity index (χ2n) is 4.43. The Morgan fingerprint density at radius 3 is 2.27 bits per heavy atom. The van der Waals surface area contributed by atoms with Crippen molar-refractivity contribution >= 4 is 5.97 Å². The molecule has 0 aromatic carbocycles. The Labute approximate surface area is 125 Å². The van der Waals surface area contributed by atoms with Crippen molar-refractivity contribution in [2.24, 2.45) is 0 Å². The van der Waals surface area contributed by atoms with Gasteiger partial charge in [0.15, 0.2) is 6.10 Å². The average molecular weight is 334 g/mol. The van der Waals surface area contributed by atoms with E-state index < -0.39 is 43.3 Å². The van der Waals surface area contributed by atoms with Crippen molar-refractivity contribution in [3.63, 3.8) is 0 Å². The number of carbonyl (C=O) groups is 1. The maximum Gasteiger partial charge on any atom is 0.414 e. The Bertz CT molecular complexity index is 357. The number of alkyl halides is 5. The maximum atomic E-state index is 13.1. The highest BCUT2D eigenvalue weighted by atomic mass is 19.4. The molecular weight excluding hydrogens is 315 g/mol. The van der Waals surface area contributed by atoms with Crippen molar-refractivity contribution in [3.8, 4) is 0 Å². The molecule has 0 fully saturated rings. The molecule has 22 heavy (non-hydrogen) atoms. The Hall–Kier alpha value is -1.22. The summed E-state index contributed by atoms with van der Waals surface area (Å²) < 4.78 is 77.1. The van der Waals surface area contributed by atoms with Crippen molar-refractivity contribution in [2.75, 3.05) is 19.8 Å². The van der Waals surface area contributed by atoms with Gasteiger partial charge in [-0.05, 0) is 6.92 Å². The molecule has 0 rings (SSSR count). The predicted octanol–water partition coefficient (Wildman–Crippen LogP) is 3.11. The lowest BCUT2D eigenvalue weighted by Gasteiger charge is -2.23. The van der Waals surface area contributed by atoms with E-state index in [9.17, 15) is 26.7 Å². The summed E-state index contributed by atoms with van der Waals surface area (Å²) >= 11 is 0. The van der Waals surface area contributed by atoms with Gasteiger partial charge in [-0.25, -0.2) is 4.79 Å². The van der Waals surface area contributed by atoms with Crippen LogP contribution in [0.4, 0.5) is 22.0 Å². The topological polar surface area (TPSA) is 44.8 Å². The van der Waals surface area contributed by atoms with Crippen molar-refractivity contribution in [1.29, 1.82) is 0 Å². The third kappa shape index (κ3) is 7.69. The van der Waals surface area contributed by atoms with Gasteiger partial charge in [0.25, 0.3) is 0 Å². The molecule has 0 bridgehead atoms. The SMILES string of the molecule is C=CCOCC(COC(C)C(F)(F)F)OC(=O)C(F)(F)CC. The van der Waals surface area contributed by atoms with Crippen LogP contribution in [0.3, 0.4) is 0 Å². The van der Waals surface area contributed by atoms with E-state index in [0.29, 0.717) is 0 Å². The molecule has 0 heterocycles. The molecule has 0 aromatic rings. The van der Waals surface area contributed by atoms with E-state index in [2.05, 4.69) is 16.1 Å². The van der Waals surface area contributed by atoms with Crippen LogP contribution < -0.4 is 0 Å². The molecule has 2 atom stereocenters. The molecule has 9 heteroatoms. The lowest BCUT2D eigenvalue weighted by atomic mass is 10.2. The molecule has 2 unspecified atom stereocenters. The van der Waals surface area contributed by atoms with Gasteiger partial charge in [0.1, 0.15) is 6.10 Å². The van der Waals surface area contributed by atoms with E-state index in [1.165, 1.54) is 6.08 Å². The van der Waals surface area contributed by atoms with Crippen LogP contribution in [-0.4, -0.2) is 50.1 Å². The summed E-state index contributed by atoms with van der Waals surface area (Å²) in [6.07, 6.45) is -7.55. The summed E-state index contributed by atoms with van der Waals surface area (Å²) in [5, 5.41) is 0. The van der Waals surface area contributed by atoms with Crippen LogP contribution in [0.15, 0.2) is 12.7 Å². The van der Waals surface area contributed by atoms with Crippen LogP contribution in [-0.2, 0) is 19.0 Å². The zero-order valence-corrected chi connectivity index (χ0v) is 12.3. The van der Waals surface area contributed by atoms with E-state index >= 15 is 0 Å². The zero-order chi connectivity index (χ0) is 17.4. The Morgan fingerprint density at radius 1 is 1.23 bits per heavy atom. The number of carbonyl (C=O) groups excluding carboxylic acids is 1. The van der Waals surface area contributed by atoms with Crippen LogP contribution in [0.25, 0.3) is 0 Å². The van der Waals surface area contributed by atoms with Crippen molar-refractivity contribution in [2.45, 2.75) is 44.6 Å². The van der Waals surface area contributed by atoms with Crippen molar-refractivity contribution < 1.29 is 41.0 Å². The molecule has 0 saturated carbocycles. The third-order valence-corrected chi connectivity index (χ3v) is 2.55. The van der Waals surface area contributed by atoms with Crippen molar-refractivity contribution in [1.82, 2.24) is 0 Å². The molecule has 0 aliphatic rings. The monoisotopic (exact) mass is 334 g/mol. The fourth-order valence-electron chi connectivity index (χ4n) is 1.13. The standard InChI is InChI=1S/C13H19F5O4/c1-4-6-20-7-10(8-21-9(3)13(16,17)18)22-11(19)12(14,15)5-2/h4,9-10H,1,5-8H2,2-3H3. The quantitative estimate of drug-likeness (QED) is 0.266. The van der Waals surface area contributed by atoms with E-state index in [0.717, 1.165) is 13.8 Å². The molecular formula is C13H19F5O4. The van der Waals surface area contributed by atoms with Crippen LogP contribution in [0.5, 0.6) is 0 Å². The number of hydrogen-bond donors (Lipinski definition) is 0. The van der Waals surface area contributed by atoms with Gasteiger partial charge in [-0.15, -0.1) is 6.58 Å². The lowest BCUT2D eigenvalue weighted by molar-refractivity contribution is -0.225. The average Bonchev–Trinajstić information content (AvgIpc) is 2.43. The number of halogens is 5. The molecule has 130 valence electrons. The second kappa shape index (κ2) is 9.04. The summed E-state index contributed by atoms with van der Waals surface area (Å²) in [5.41, 5.74) is 0. The maximum absolute atomic E-state index is 13.1. The predicted molar refractivity (Wildman–Crippen MR) is 67.6 cm³/mol. The minimum absolute atomic E-state index is 0.0209. The molecule has 4 nitrogen and oxygen atoms in total. The number of esters is 1. The summed E-state index contributed by atoms with van der Waals surface area (Å²) in [7, 11) is 0. The van der Waals surface area contributed by atoms with E-state index in [1.807, 2.05) is 0 Å². The van der Waals surface area contributed by atoms with E-state index in [1.54, 1.807) is 0 Å². The highest BCUT2D eigenvalue weighted by molar-refractivity contribution is 5.77. The largest absolute Gasteiger partial charge is 0.453 e. The fraction of sp³-hybridized carbons (Fsp3) is 0.769. The molecule has 0 aromatic heterocycles. The van der Waals surface area contributed by atoms with Gasteiger partial charge >= 0.3 is 18.1 Å². The first kappa shape index (κ1) is 20.8. The van der Waals surface area contributed by atoms with Gasteiger partial charge < -0.3 is 14.2 Å². The molecule has 0 amide bonds. The molecule has 0 radical (unpaired) electrons. The van der Waals surface area contributed by atoms with Crippen LogP contribution in [0.2, 0.25) is 0 Å². The van der Waals surface area contributed by atoms with E-state index in [-0.39, 0.29) is 13.2 Å². The molecule has 0 saturated heterocycles.